The Morgan fingerprint density at radius 2 is 1.93 bits per heavy atom. The SMILES string of the molecule is COC(=O)c1cc(NC(=O)C2CCN(S(C)(=O)=O)c3cc(Cl)ccc3O2)ccc1Cl. The summed E-state index contributed by atoms with van der Waals surface area (Å²) in [7, 11) is -2.39. The number of methoxy groups -OCH3 is 1. The summed E-state index contributed by atoms with van der Waals surface area (Å²) in [4.78, 5) is 24.6. The van der Waals surface area contributed by atoms with Gasteiger partial charge in [0.05, 0.1) is 29.6 Å². The molecule has 1 N–H and O–H groups in total. The topological polar surface area (TPSA) is 102 Å². The molecule has 0 radical (unpaired) electrons. The number of carbonyl (C=O) groups excluding carboxylic acids is 2. The smallest absolute Gasteiger partial charge is 0.339 e. The van der Waals surface area contributed by atoms with Crippen molar-refractivity contribution >= 4 is 56.5 Å². The van der Waals surface area contributed by atoms with Crippen molar-refractivity contribution in [1.29, 1.82) is 0 Å². The van der Waals surface area contributed by atoms with Crippen LogP contribution in [0.3, 0.4) is 0 Å². The molecule has 0 aliphatic carbocycles. The Morgan fingerprint density at radius 3 is 2.60 bits per heavy atom. The number of nitrogens with zero attached hydrogens (tertiary/aromatic N) is 1. The molecule has 0 fully saturated rings. The van der Waals surface area contributed by atoms with E-state index in [1.54, 1.807) is 6.07 Å². The molecule has 2 aromatic rings. The van der Waals surface area contributed by atoms with E-state index in [1.807, 2.05) is 0 Å². The van der Waals surface area contributed by atoms with Crippen molar-refractivity contribution in [2.24, 2.45) is 0 Å². The highest BCUT2D eigenvalue weighted by Crippen LogP contribution is 2.36. The fraction of sp³-hybridized carbons (Fsp3) is 0.263. The first-order chi connectivity index (χ1) is 14.1. The molecule has 2 aromatic carbocycles. The van der Waals surface area contributed by atoms with E-state index < -0.39 is 28.0 Å². The van der Waals surface area contributed by atoms with Crippen molar-refractivity contribution in [3.8, 4) is 5.75 Å². The van der Waals surface area contributed by atoms with Crippen molar-refractivity contribution in [1.82, 2.24) is 0 Å². The van der Waals surface area contributed by atoms with Crippen molar-refractivity contribution < 1.29 is 27.5 Å². The van der Waals surface area contributed by atoms with Crippen LogP contribution in [-0.4, -0.2) is 46.3 Å². The van der Waals surface area contributed by atoms with Gasteiger partial charge in [0.15, 0.2) is 6.10 Å². The van der Waals surface area contributed by atoms with E-state index in [4.69, 9.17) is 27.9 Å². The molecule has 0 aromatic heterocycles. The number of hydrogen-bond donors (Lipinski definition) is 1. The number of amides is 1. The van der Waals surface area contributed by atoms with Crippen LogP contribution in [0.2, 0.25) is 10.0 Å². The fourth-order valence-corrected chi connectivity index (χ4v) is 4.27. The minimum absolute atomic E-state index is 0.0261. The first-order valence-electron chi connectivity index (χ1n) is 8.73. The van der Waals surface area contributed by atoms with Gasteiger partial charge in [0.25, 0.3) is 5.91 Å². The molecule has 1 atom stereocenters. The molecular formula is C19H18Cl2N2O6S. The number of carbonyl (C=O) groups is 2. The lowest BCUT2D eigenvalue weighted by Gasteiger charge is -2.21. The van der Waals surface area contributed by atoms with E-state index in [2.05, 4.69) is 10.1 Å². The summed E-state index contributed by atoms with van der Waals surface area (Å²) in [5, 5.41) is 3.18. The Hall–Kier alpha value is -2.49. The average Bonchev–Trinajstić information content (AvgIpc) is 2.88. The monoisotopic (exact) mass is 472 g/mol. The summed E-state index contributed by atoms with van der Waals surface area (Å²) in [6.45, 7) is 0.0261. The van der Waals surface area contributed by atoms with Crippen LogP contribution in [0.25, 0.3) is 0 Å². The highest BCUT2D eigenvalue weighted by Gasteiger charge is 2.31. The molecule has 160 valence electrons. The summed E-state index contributed by atoms with van der Waals surface area (Å²) in [5.74, 6) is -0.936. The van der Waals surface area contributed by atoms with E-state index >= 15 is 0 Å². The maximum absolute atomic E-state index is 12.8. The molecule has 1 amide bonds. The van der Waals surface area contributed by atoms with Gasteiger partial charge in [0, 0.05) is 23.7 Å². The van der Waals surface area contributed by atoms with Crippen molar-refractivity contribution in [2.45, 2.75) is 12.5 Å². The Labute approximate surface area is 183 Å². The molecule has 1 aliphatic rings. The van der Waals surface area contributed by atoms with Crippen LogP contribution in [0.5, 0.6) is 5.75 Å². The highest BCUT2D eigenvalue weighted by molar-refractivity contribution is 7.92. The van der Waals surface area contributed by atoms with E-state index in [1.165, 1.54) is 37.4 Å². The number of rotatable bonds is 4. The molecule has 0 bridgehead atoms. The average molecular weight is 473 g/mol. The number of ether oxygens (including phenoxy) is 2. The van der Waals surface area contributed by atoms with Gasteiger partial charge in [-0.15, -0.1) is 0 Å². The molecular weight excluding hydrogens is 455 g/mol. The van der Waals surface area contributed by atoms with Crippen LogP contribution in [0.15, 0.2) is 36.4 Å². The van der Waals surface area contributed by atoms with Gasteiger partial charge in [0.2, 0.25) is 10.0 Å². The maximum atomic E-state index is 12.8. The Bertz CT molecular complexity index is 1110. The van der Waals surface area contributed by atoms with Crippen LogP contribution in [0.1, 0.15) is 16.8 Å². The summed E-state index contributed by atoms with van der Waals surface area (Å²) in [6, 6.07) is 8.90. The van der Waals surface area contributed by atoms with Crippen LogP contribution >= 0.6 is 23.2 Å². The van der Waals surface area contributed by atoms with Crippen molar-refractivity contribution in [3.63, 3.8) is 0 Å². The number of esters is 1. The van der Waals surface area contributed by atoms with Crippen LogP contribution in [0.4, 0.5) is 11.4 Å². The Balaban J connectivity index is 1.86. The third-order valence-electron chi connectivity index (χ3n) is 4.39. The minimum Gasteiger partial charge on any atom is -0.478 e. The lowest BCUT2D eigenvalue weighted by atomic mass is 10.2. The van der Waals surface area contributed by atoms with Crippen LogP contribution < -0.4 is 14.4 Å². The molecule has 0 saturated carbocycles. The van der Waals surface area contributed by atoms with E-state index in [0.29, 0.717) is 10.7 Å². The summed E-state index contributed by atoms with van der Waals surface area (Å²) in [6.07, 6.45) is 0.192. The van der Waals surface area contributed by atoms with E-state index in [9.17, 15) is 18.0 Å². The minimum atomic E-state index is -3.61. The third kappa shape index (κ3) is 4.80. The molecule has 11 heteroatoms. The first-order valence-corrected chi connectivity index (χ1v) is 11.3. The second-order valence-corrected chi connectivity index (χ2v) is 9.27. The normalized spacial score (nSPS) is 16.1. The maximum Gasteiger partial charge on any atom is 0.339 e. The van der Waals surface area contributed by atoms with Gasteiger partial charge in [-0.1, -0.05) is 23.2 Å². The van der Waals surface area contributed by atoms with Gasteiger partial charge in [-0.25, -0.2) is 13.2 Å². The zero-order valence-electron chi connectivity index (χ0n) is 16.0. The lowest BCUT2D eigenvalue weighted by Crippen LogP contribution is -2.36. The Morgan fingerprint density at radius 1 is 1.20 bits per heavy atom. The number of benzene rings is 2. The number of sulfonamides is 1. The largest absolute Gasteiger partial charge is 0.478 e. The number of anilines is 2. The van der Waals surface area contributed by atoms with Crippen molar-refractivity contribution in [2.75, 3.05) is 29.5 Å². The molecule has 3 rings (SSSR count). The molecule has 1 heterocycles. The van der Waals surface area contributed by atoms with Gasteiger partial charge in [-0.05, 0) is 36.4 Å². The molecule has 0 spiro atoms. The molecule has 0 saturated heterocycles. The predicted molar refractivity (Wildman–Crippen MR) is 114 cm³/mol. The lowest BCUT2D eigenvalue weighted by molar-refractivity contribution is -0.122. The van der Waals surface area contributed by atoms with E-state index in [0.717, 1.165) is 10.6 Å². The first kappa shape index (κ1) is 22.2. The summed E-state index contributed by atoms with van der Waals surface area (Å²) >= 11 is 12.0. The van der Waals surface area contributed by atoms with Gasteiger partial charge >= 0.3 is 5.97 Å². The van der Waals surface area contributed by atoms with E-state index in [-0.39, 0.29) is 35.0 Å². The summed E-state index contributed by atoms with van der Waals surface area (Å²) in [5.41, 5.74) is 0.677. The highest BCUT2D eigenvalue weighted by atomic mass is 35.5. The second-order valence-electron chi connectivity index (χ2n) is 6.52. The fourth-order valence-electron chi connectivity index (χ4n) is 2.97. The zero-order chi connectivity index (χ0) is 22.1. The number of nitrogens with one attached hydrogen (secondary N) is 1. The predicted octanol–water partition coefficient (Wildman–Crippen LogP) is 3.34. The molecule has 1 unspecified atom stereocenters. The Kier molecular flexibility index (Phi) is 6.44. The van der Waals surface area contributed by atoms with Crippen LogP contribution in [0, 0.1) is 0 Å². The molecule has 30 heavy (non-hydrogen) atoms. The standard InChI is InChI=1S/C19H18Cl2N2O6S/c1-28-19(25)13-10-12(4-5-14(13)21)22-18(24)17-7-8-23(30(2,26)27)15-9-11(20)3-6-16(15)29-17/h3-6,9-10,17H,7-8H2,1-2H3,(H,22,24). The van der Waals surface area contributed by atoms with Gasteiger partial charge in [0.1, 0.15) is 5.75 Å². The van der Waals surface area contributed by atoms with Gasteiger partial charge in [-0.2, -0.15) is 0 Å². The van der Waals surface area contributed by atoms with Crippen molar-refractivity contribution in [3.05, 3.63) is 52.0 Å². The second kappa shape index (κ2) is 8.71. The van der Waals surface area contributed by atoms with Gasteiger partial charge < -0.3 is 14.8 Å². The zero-order valence-corrected chi connectivity index (χ0v) is 18.3. The third-order valence-corrected chi connectivity index (χ3v) is 6.13. The van der Waals surface area contributed by atoms with Gasteiger partial charge in [-0.3, -0.25) is 9.10 Å². The molecule has 1 aliphatic heterocycles. The molecule has 8 nitrogen and oxygen atoms in total. The number of fused-ring (bicyclic) bond motifs is 1. The number of hydrogen-bond acceptors (Lipinski definition) is 6. The van der Waals surface area contributed by atoms with Crippen LogP contribution in [-0.2, 0) is 19.6 Å². The number of halogens is 2. The summed E-state index contributed by atoms with van der Waals surface area (Å²) < 4.78 is 36.0. The quantitative estimate of drug-likeness (QED) is 0.684.